The van der Waals surface area contributed by atoms with Gasteiger partial charge in [0.25, 0.3) is 0 Å². The first kappa shape index (κ1) is 15.5. The van der Waals surface area contributed by atoms with Crippen molar-refractivity contribution in [2.24, 2.45) is 5.92 Å². The highest BCUT2D eigenvalue weighted by Gasteiger charge is 2.41. The quantitative estimate of drug-likeness (QED) is 0.920. The predicted molar refractivity (Wildman–Crippen MR) is 86.9 cm³/mol. The number of rotatable bonds is 4. The molecular formula is C17H27NO2S. The van der Waals surface area contributed by atoms with Crippen LogP contribution in [0.3, 0.4) is 0 Å². The van der Waals surface area contributed by atoms with Crippen molar-refractivity contribution in [1.29, 1.82) is 0 Å². The van der Waals surface area contributed by atoms with Crippen LogP contribution >= 0.6 is 11.3 Å². The van der Waals surface area contributed by atoms with Gasteiger partial charge in [-0.1, -0.05) is 6.92 Å². The summed E-state index contributed by atoms with van der Waals surface area (Å²) in [6.07, 6.45) is 4.45. The first-order valence-electron chi connectivity index (χ1n) is 8.22. The van der Waals surface area contributed by atoms with Crippen LogP contribution in [0.2, 0.25) is 0 Å². The molecule has 0 radical (unpaired) electrons. The highest BCUT2D eigenvalue weighted by Crippen LogP contribution is 2.42. The first-order chi connectivity index (χ1) is 10.2. The zero-order valence-electron chi connectivity index (χ0n) is 13.2. The summed E-state index contributed by atoms with van der Waals surface area (Å²) in [5, 5.41) is 8.33. The highest BCUT2D eigenvalue weighted by atomic mass is 32.1. The second-order valence-electron chi connectivity index (χ2n) is 6.44. The summed E-state index contributed by atoms with van der Waals surface area (Å²) in [7, 11) is 0. The lowest BCUT2D eigenvalue weighted by atomic mass is 9.76. The summed E-state index contributed by atoms with van der Waals surface area (Å²) in [6.45, 7) is 8.08. The van der Waals surface area contributed by atoms with Gasteiger partial charge in [-0.25, -0.2) is 0 Å². The summed E-state index contributed by atoms with van der Waals surface area (Å²) in [5.74, 6) is 0.671. The molecule has 1 aromatic heterocycles. The normalized spacial score (nSPS) is 26.9. The number of aryl methyl sites for hydroxylation is 1. The van der Waals surface area contributed by atoms with Gasteiger partial charge in [-0.15, -0.1) is 0 Å². The molecule has 118 valence electrons. The van der Waals surface area contributed by atoms with E-state index >= 15 is 0 Å². The largest absolute Gasteiger partial charge is 0.381 e. The average molecular weight is 309 g/mol. The van der Waals surface area contributed by atoms with E-state index < -0.39 is 0 Å². The summed E-state index contributed by atoms with van der Waals surface area (Å²) in [4.78, 5) is 0. The minimum atomic E-state index is 0.0821. The summed E-state index contributed by atoms with van der Waals surface area (Å²) < 4.78 is 11.7. The number of hydrogen-bond acceptors (Lipinski definition) is 4. The van der Waals surface area contributed by atoms with Gasteiger partial charge in [0.15, 0.2) is 0 Å². The number of nitrogens with one attached hydrogen (secondary N) is 1. The molecule has 0 aliphatic carbocycles. The highest BCUT2D eigenvalue weighted by molar-refractivity contribution is 7.08. The minimum absolute atomic E-state index is 0.0821. The molecule has 2 fully saturated rings. The van der Waals surface area contributed by atoms with Gasteiger partial charge < -0.3 is 14.8 Å². The second kappa shape index (κ2) is 6.78. The third kappa shape index (κ3) is 3.34. The molecule has 1 spiro atoms. The third-order valence-electron chi connectivity index (χ3n) is 5.06. The van der Waals surface area contributed by atoms with Gasteiger partial charge in [0.1, 0.15) is 0 Å². The van der Waals surface area contributed by atoms with Crippen molar-refractivity contribution in [2.45, 2.75) is 51.2 Å². The Balaban J connectivity index is 1.77. The Morgan fingerprint density at radius 3 is 2.81 bits per heavy atom. The number of ether oxygens (including phenoxy) is 2. The van der Waals surface area contributed by atoms with E-state index in [1.54, 1.807) is 0 Å². The molecule has 2 saturated heterocycles. The van der Waals surface area contributed by atoms with E-state index in [4.69, 9.17) is 9.47 Å². The Bertz CT molecular complexity index is 448. The molecule has 2 atom stereocenters. The van der Waals surface area contributed by atoms with Crippen LogP contribution in [0.5, 0.6) is 0 Å². The van der Waals surface area contributed by atoms with Crippen molar-refractivity contribution in [3.05, 3.63) is 21.9 Å². The van der Waals surface area contributed by atoms with E-state index in [2.05, 4.69) is 29.9 Å². The molecule has 2 unspecified atom stereocenters. The predicted octanol–water partition coefficient (Wildman–Crippen LogP) is 3.68. The van der Waals surface area contributed by atoms with Crippen LogP contribution in [0.25, 0.3) is 0 Å². The van der Waals surface area contributed by atoms with Crippen LogP contribution < -0.4 is 5.32 Å². The molecule has 3 nitrogen and oxygen atoms in total. The van der Waals surface area contributed by atoms with Crippen LogP contribution in [0.1, 0.15) is 49.8 Å². The fraction of sp³-hybridized carbons (Fsp3) is 0.765. The SMILES string of the molecule is CCNC(c1cscc1C)C1CCOC2(CCOCC2)C1. The average Bonchev–Trinajstić information content (AvgIpc) is 2.91. The first-order valence-corrected chi connectivity index (χ1v) is 9.16. The maximum atomic E-state index is 6.21. The van der Waals surface area contributed by atoms with Gasteiger partial charge in [0.05, 0.1) is 5.60 Å². The molecule has 1 aromatic rings. The smallest absolute Gasteiger partial charge is 0.0729 e. The molecule has 4 heteroatoms. The summed E-state index contributed by atoms with van der Waals surface area (Å²) >= 11 is 1.82. The zero-order valence-corrected chi connectivity index (χ0v) is 14.0. The molecule has 2 aliphatic heterocycles. The zero-order chi connectivity index (χ0) is 14.7. The Kier molecular flexibility index (Phi) is 4.99. The lowest BCUT2D eigenvalue weighted by Gasteiger charge is -2.45. The minimum Gasteiger partial charge on any atom is -0.381 e. The molecule has 0 bridgehead atoms. The van der Waals surface area contributed by atoms with Gasteiger partial charge in [-0.3, -0.25) is 0 Å². The Labute approximate surface area is 132 Å². The van der Waals surface area contributed by atoms with Crippen molar-refractivity contribution in [2.75, 3.05) is 26.4 Å². The van der Waals surface area contributed by atoms with E-state index in [-0.39, 0.29) is 5.60 Å². The molecule has 3 rings (SSSR count). The van der Waals surface area contributed by atoms with Gasteiger partial charge in [0.2, 0.25) is 0 Å². The maximum Gasteiger partial charge on any atom is 0.0729 e. The third-order valence-corrected chi connectivity index (χ3v) is 5.94. The van der Waals surface area contributed by atoms with Crippen LogP contribution in [0.4, 0.5) is 0 Å². The molecule has 0 aromatic carbocycles. The summed E-state index contributed by atoms with van der Waals surface area (Å²) in [6, 6.07) is 0.477. The molecule has 21 heavy (non-hydrogen) atoms. The van der Waals surface area contributed by atoms with Crippen LogP contribution in [0.15, 0.2) is 10.8 Å². The van der Waals surface area contributed by atoms with E-state index in [9.17, 15) is 0 Å². The van der Waals surface area contributed by atoms with Crippen molar-refractivity contribution in [3.63, 3.8) is 0 Å². The van der Waals surface area contributed by atoms with E-state index in [0.717, 1.165) is 45.6 Å². The molecule has 3 heterocycles. The van der Waals surface area contributed by atoms with Crippen molar-refractivity contribution < 1.29 is 9.47 Å². The summed E-state index contributed by atoms with van der Waals surface area (Å²) in [5.41, 5.74) is 3.01. The van der Waals surface area contributed by atoms with Crippen molar-refractivity contribution in [3.8, 4) is 0 Å². The molecular weight excluding hydrogens is 282 g/mol. The van der Waals surface area contributed by atoms with Crippen LogP contribution in [0, 0.1) is 12.8 Å². The van der Waals surface area contributed by atoms with E-state index in [1.165, 1.54) is 17.5 Å². The van der Waals surface area contributed by atoms with Gasteiger partial charge in [0, 0.05) is 25.9 Å². The Morgan fingerprint density at radius 1 is 1.33 bits per heavy atom. The van der Waals surface area contributed by atoms with Gasteiger partial charge >= 0.3 is 0 Å². The maximum absolute atomic E-state index is 6.21. The standard InChI is InChI=1S/C17H27NO2S/c1-3-18-16(15-12-21-11-13(15)2)14-4-7-20-17(10-14)5-8-19-9-6-17/h11-12,14,16,18H,3-10H2,1-2H3. The fourth-order valence-electron chi connectivity index (χ4n) is 3.88. The monoisotopic (exact) mass is 309 g/mol. The van der Waals surface area contributed by atoms with Crippen LogP contribution in [-0.4, -0.2) is 32.0 Å². The fourth-order valence-corrected chi connectivity index (χ4v) is 4.77. The number of hydrogen-bond donors (Lipinski definition) is 1. The van der Waals surface area contributed by atoms with Crippen LogP contribution in [-0.2, 0) is 9.47 Å². The second-order valence-corrected chi connectivity index (χ2v) is 7.19. The molecule has 0 saturated carbocycles. The molecule has 2 aliphatic rings. The van der Waals surface area contributed by atoms with Gasteiger partial charge in [-0.2, -0.15) is 11.3 Å². The van der Waals surface area contributed by atoms with Gasteiger partial charge in [-0.05, 0) is 67.0 Å². The van der Waals surface area contributed by atoms with E-state index in [1.807, 2.05) is 11.3 Å². The topological polar surface area (TPSA) is 30.5 Å². The Hall–Kier alpha value is -0.420. The molecule has 1 N–H and O–H groups in total. The van der Waals surface area contributed by atoms with Crippen molar-refractivity contribution >= 4 is 11.3 Å². The Morgan fingerprint density at radius 2 is 2.14 bits per heavy atom. The lowest BCUT2D eigenvalue weighted by Crippen LogP contribution is -2.47. The lowest BCUT2D eigenvalue weighted by molar-refractivity contribution is -0.150. The van der Waals surface area contributed by atoms with E-state index in [0.29, 0.717) is 12.0 Å². The number of thiophene rings is 1. The van der Waals surface area contributed by atoms with Crippen molar-refractivity contribution in [1.82, 2.24) is 5.32 Å². The molecule has 0 amide bonds.